The van der Waals surface area contributed by atoms with E-state index in [0.29, 0.717) is 19.7 Å². The van der Waals surface area contributed by atoms with Crippen LogP contribution in [0.1, 0.15) is 6.92 Å². The van der Waals surface area contributed by atoms with Gasteiger partial charge >= 0.3 is 0 Å². The van der Waals surface area contributed by atoms with Gasteiger partial charge in [0.1, 0.15) is 11.8 Å². The highest BCUT2D eigenvalue weighted by Crippen LogP contribution is 2.22. The van der Waals surface area contributed by atoms with Gasteiger partial charge in [-0.15, -0.1) is 0 Å². The number of hydrogen-bond acceptors (Lipinski definition) is 4. The Labute approximate surface area is 107 Å². The Balaban J connectivity index is 2.16. The lowest BCUT2D eigenvalue weighted by Gasteiger charge is -2.36. The van der Waals surface area contributed by atoms with Gasteiger partial charge in [-0.2, -0.15) is 0 Å². The average molecular weight is 249 g/mol. The number of amides is 1. The number of hydrogen-bond donors (Lipinski definition) is 2. The van der Waals surface area contributed by atoms with Crippen molar-refractivity contribution in [2.45, 2.75) is 13.0 Å². The normalized spacial score (nSPS) is 19.6. The largest absolute Gasteiger partial charge is 0.494 e. The molecule has 3 N–H and O–H groups in total. The first-order valence-corrected chi connectivity index (χ1v) is 6.23. The molecule has 0 saturated carbocycles. The summed E-state index contributed by atoms with van der Waals surface area (Å²) in [5.41, 5.74) is 6.68. The minimum atomic E-state index is -0.281. The van der Waals surface area contributed by atoms with E-state index in [1.54, 1.807) is 0 Å². The Morgan fingerprint density at radius 1 is 1.44 bits per heavy atom. The number of anilines is 1. The summed E-state index contributed by atoms with van der Waals surface area (Å²) in [5, 5.41) is 2.83. The number of piperazine rings is 1. The number of ether oxygens (including phenoxy) is 1. The molecular weight excluding hydrogens is 230 g/mol. The summed E-state index contributed by atoms with van der Waals surface area (Å²) >= 11 is 0. The highest BCUT2D eigenvalue weighted by Gasteiger charge is 2.28. The van der Waals surface area contributed by atoms with Gasteiger partial charge in [0.25, 0.3) is 0 Å². The van der Waals surface area contributed by atoms with Crippen molar-refractivity contribution in [3.8, 4) is 5.75 Å². The molecule has 1 aliphatic heterocycles. The molecule has 0 aromatic heterocycles. The molecule has 1 unspecified atom stereocenters. The molecule has 1 aromatic carbocycles. The highest BCUT2D eigenvalue weighted by molar-refractivity contribution is 5.86. The molecule has 1 saturated heterocycles. The molecule has 0 bridgehead atoms. The fourth-order valence-electron chi connectivity index (χ4n) is 2.16. The molecule has 1 aliphatic rings. The third kappa shape index (κ3) is 2.56. The monoisotopic (exact) mass is 249 g/mol. The minimum Gasteiger partial charge on any atom is -0.494 e. The maximum atomic E-state index is 11.7. The highest BCUT2D eigenvalue weighted by atomic mass is 16.5. The standard InChI is InChI=1S/C13H19N3O2/c1-2-18-11-5-3-10(4-6-11)16-8-7-15-13(17)12(16)9-14/h3-6,12H,2,7-9,14H2,1H3,(H,15,17). The lowest BCUT2D eigenvalue weighted by atomic mass is 10.1. The molecule has 1 heterocycles. The third-order valence-corrected chi connectivity index (χ3v) is 3.03. The Morgan fingerprint density at radius 3 is 2.78 bits per heavy atom. The summed E-state index contributed by atoms with van der Waals surface area (Å²) in [4.78, 5) is 13.8. The molecule has 1 amide bonds. The third-order valence-electron chi connectivity index (χ3n) is 3.03. The number of benzene rings is 1. The van der Waals surface area contributed by atoms with Crippen LogP contribution in [0.4, 0.5) is 5.69 Å². The summed E-state index contributed by atoms with van der Waals surface area (Å²) in [7, 11) is 0. The van der Waals surface area contributed by atoms with E-state index < -0.39 is 0 Å². The fraction of sp³-hybridized carbons (Fsp3) is 0.462. The number of nitrogens with one attached hydrogen (secondary N) is 1. The predicted octanol–water partition coefficient (Wildman–Crippen LogP) is 0.349. The van der Waals surface area contributed by atoms with Crippen molar-refractivity contribution in [3.05, 3.63) is 24.3 Å². The van der Waals surface area contributed by atoms with Crippen LogP contribution in [0.15, 0.2) is 24.3 Å². The zero-order valence-corrected chi connectivity index (χ0v) is 10.6. The summed E-state index contributed by atoms with van der Waals surface area (Å²) < 4.78 is 5.40. The fourth-order valence-corrected chi connectivity index (χ4v) is 2.16. The van der Waals surface area contributed by atoms with Gasteiger partial charge in [-0.05, 0) is 31.2 Å². The summed E-state index contributed by atoms with van der Waals surface area (Å²) in [6.45, 7) is 4.35. The van der Waals surface area contributed by atoms with E-state index >= 15 is 0 Å². The van der Waals surface area contributed by atoms with Crippen molar-refractivity contribution in [1.29, 1.82) is 0 Å². The van der Waals surface area contributed by atoms with Gasteiger partial charge in [0.2, 0.25) is 5.91 Å². The van der Waals surface area contributed by atoms with Crippen LogP contribution in [0, 0.1) is 0 Å². The molecule has 1 fully saturated rings. The zero-order chi connectivity index (χ0) is 13.0. The van der Waals surface area contributed by atoms with E-state index in [-0.39, 0.29) is 11.9 Å². The molecule has 5 nitrogen and oxygen atoms in total. The van der Waals surface area contributed by atoms with Gasteiger partial charge in [-0.1, -0.05) is 0 Å². The zero-order valence-electron chi connectivity index (χ0n) is 10.6. The molecule has 1 aromatic rings. The Hall–Kier alpha value is -1.75. The van der Waals surface area contributed by atoms with Gasteiger partial charge < -0.3 is 20.7 Å². The molecule has 0 spiro atoms. The molecule has 0 aliphatic carbocycles. The lowest BCUT2D eigenvalue weighted by molar-refractivity contribution is -0.123. The van der Waals surface area contributed by atoms with Crippen molar-refractivity contribution >= 4 is 11.6 Å². The predicted molar refractivity (Wildman–Crippen MR) is 70.8 cm³/mol. The number of carbonyl (C=O) groups excluding carboxylic acids is 1. The summed E-state index contributed by atoms with van der Waals surface area (Å²) in [6, 6.07) is 7.48. The molecule has 0 radical (unpaired) electrons. The molecule has 98 valence electrons. The van der Waals surface area contributed by atoms with Crippen molar-refractivity contribution in [3.63, 3.8) is 0 Å². The topological polar surface area (TPSA) is 67.6 Å². The van der Waals surface area contributed by atoms with E-state index in [1.807, 2.05) is 36.1 Å². The first-order valence-electron chi connectivity index (χ1n) is 6.23. The van der Waals surface area contributed by atoms with Crippen LogP contribution in [0.3, 0.4) is 0 Å². The second-order valence-electron chi connectivity index (χ2n) is 4.16. The van der Waals surface area contributed by atoms with Crippen molar-refractivity contribution in [2.75, 3.05) is 31.1 Å². The first kappa shape index (κ1) is 12.7. The van der Waals surface area contributed by atoms with E-state index in [2.05, 4.69) is 5.32 Å². The van der Waals surface area contributed by atoms with Gasteiger partial charge in [0.05, 0.1) is 6.61 Å². The van der Waals surface area contributed by atoms with Gasteiger partial charge in [-0.3, -0.25) is 4.79 Å². The Bertz CT molecular complexity index is 405. The van der Waals surface area contributed by atoms with E-state index in [9.17, 15) is 4.79 Å². The number of nitrogens with two attached hydrogens (primary N) is 1. The van der Waals surface area contributed by atoms with E-state index in [0.717, 1.165) is 18.0 Å². The molecule has 5 heteroatoms. The molecule has 2 rings (SSSR count). The van der Waals surface area contributed by atoms with Gasteiger partial charge in [0.15, 0.2) is 0 Å². The average Bonchev–Trinajstić information content (AvgIpc) is 2.40. The van der Waals surface area contributed by atoms with Crippen molar-refractivity contribution in [1.82, 2.24) is 5.32 Å². The van der Waals surface area contributed by atoms with Gasteiger partial charge in [0, 0.05) is 25.3 Å². The van der Waals surface area contributed by atoms with Crippen LogP contribution in [0.25, 0.3) is 0 Å². The number of nitrogens with zero attached hydrogens (tertiary/aromatic N) is 1. The van der Waals surface area contributed by atoms with Crippen molar-refractivity contribution in [2.24, 2.45) is 5.73 Å². The van der Waals surface area contributed by atoms with Crippen LogP contribution in [0.5, 0.6) is 5.75 Å². The maximum absolute atomic E-state index is 11.7. The van der Waals surface area contributed by atoms with Crippen LogP contribution >= 0.6 is 0 Å². The quantitative estimate of drug-likeness (QED) is 0.808. The Kier molecular flexibility index (Phi) is 4.04. The second kappa shape index (κ2) is 5.73. The molecular formula is C13H19N3O2. The first-order chi connectivity index (χ1) is 8.76. The summed E-state index contributed by atoms with van der Waals surface area (Å²) in [6.07, 6.45) is 0. The number of rotatable bonds is 4. The van der Waals surface area contributed by atoms with Gasteiger partial charge in [-0.25, -0.2) is 0 Å². The van der Waals surface area contributed by atoms with Crippen LogP contribution in [-0.4, -0.2) is 38.2 Å². The van der Waals surface area contributed by atoms with Crippen LogP contribution < -0.4 is 20.7 Å². The lowest BCUT2D eigenvalue weighted by Crippen LogP contribution is -2.58. The maximum Gasteiger partial charge on any atom is 0.244 e. The Morgan fingerprint density at radius 2 is 2.17 bits per heavy atom. The minimum absolute atomic E-state index is 0.00219. The van der Waals surface area contributed by atoms with E-state index in [4.69, 9.17) is 10.5 Å². The molecule has 18 heavy (non-hydrogen) atoms. The second-order valence-corrected chi connectivity index (χ2v) is 4.16. The molecule has 1 atom stereocenters. The summed E-state index contributed by atoms with van der Waals surface area (Å²) in [5.74, 6) is 0.838. The SMILES string of the molecule is CCOc1ccc(N2CCNC(=O)C2CN)cc1. The number of carbonyl (C=O) groups is 1. The van der Waals surface area contributed by atoms with Crippen LogP contribution in [-0.2, 0) is 4.79 Å². The van der Waals surface area contributed by atoms with Crippen molar-refractivity contribution < 1.29 is 9.53 Å². The smallest absolute Gasteiger partial charge is 0.244 e. The van der Waals surface area contributed by atoms with Crippen LogP contribution in [0.2, 0.25) is 0 Å². The van der Waals surface area contributed by atoms with E-state index in [1.165, 1.54) is 0 Å².